The largest absolute Gasteiger partial charge is 0.478 e. The summed E-state index contributed by atoms with van der Waals surface area (Å²) in [7, 11) is 1.57. The van der Waals surface area contributed by atoms with E-state index in [1.165, 1.54) is 4.90 Å². The molecule has 0 aliphatic carbocycles. The molecule has 0 spiro atoms. The van der Waals surface area contributed by atoms with Gasteiger partial charge in [-0.3, -0.25) is 9.88 Å². The highest BCUT2D eigenvalue weighted by molar-refractivity contribution is 6.30. The van der Waals surface area contributed by atoms with Crippen LogP contribution in [0.4, 0.5) is 10.5 Å². The number of hydrogen-bond acceptors (Lipinski definition) is 4. The zero-order chi connectivity index (χ0) is 20.1. The van der Waals surface area contributed by atoms with Gasteiger partial charge < -0.3 is 10.0 Å². The molecule has 0 aromatic carbocycles. The molecule has 7 nitrogen and oxygen atoms in total. The normalized spacial score (nSPS) is 10.9. The topological polar surface area (TPSA) is 86.6 Å². The number of carboxylic acids is 1. The van der Waals surface area contributed by atoms with Gasteiger partial charge in [0.2, 0.25) is 0 Å². The number of amides is 2. The molecule has 0 saturated heterocycles. The second-order valence-corrected chi connectivity index (χ2v) is 6.66. The number of urea groups is 1. The third-order valence-electron chi connectivity index (χ3n) is 4.27. The molecule has 146 valence electrons. The van der Waals surface area contributed by atoms with Gasteiger partial charge in [0.25, 0.3) is 0 Å². The van der Waals surface area contributed by atoms with E-state index in [4.69, 9.17) is 11.6 Å². The summed E-state index contributed by atoms with van der Waals surface area (Å²) in [4.78, 5) is 36.9. The van der Waals surface area contributed by atoms with Crippen molar-refractivity contribution in [2.75, 3.05) is 25.0 Å². The number of aryl methyl sites for hydroxylation is 1. The summed E-state index contributed by atoms with van der Waals surface area (Å²) in [5.74, 6) is -1.14. The van der Waals surface area contributed by atoms with Crippen LogP contribution in [0.3, 0.4) is 0 Å². The minimum absolute atomic E-state index is 0.0106. The van der Waals surface area contributed by atoms with Crippen LogP contribution in [0.1, 0.15) is 49.7 Å². The lowest BCUT2D eigenvalue weighted by molar-refractivity contribution is 0.0696. The molecule has 1 N–H and O–H groups in total. The van der Waals surface area contributed by atoms with Gasteiger partial charge in [-0.15, -0.1) is 0 Å². The van der Waals surface area contributed by atoms with Crippen LogP contribution in [0.25, 0.3) is 11.0 Å². The van der Waals surface area contributed by atoms with Gasteiger partial charge >= 0.3 is 12.0 Å². The van der Waals surface area contributed by atoms with Gasteiger partial charge in [0, 0.05) is 20.1 Å². The van der Waals surface area contributed by atoms with Gasteiger partial charge in [-0.2, -0.15) is 0 Å². The van der Waals surface area contributed by atoms with Crippen molar-refractivity contribution >= 4 is 40.3 Å². The average Bonchev–Trinajstić information content (AvgIpc) is 2.64. The molecule has 2 rings (SSSR count). The predicted octanol–water partition coefficient (Wildman–Crippen LogP) is 4.22. The van der Waals surface area contributed by atoms with E-state index in [0.29, 0.717) is 36.2 Å². The maximum atomic E-state index is 13.1. The molecular formula is C19H25ClN4O3. The summed E-state index contributed by atoms with van der Waals surface area (Å²) in [6.07, 6.45) is 2.04. The van der Waals surface area contributed by atoms with Crippen LogP contribution in [0.15, 0.2) is 12.1 Å². The Balaban J connectivity index is 2.73. The highest BCUT2D eigenvalue weighted by Crippen LogP contribution is 2.32. The van der Waals surface area contributed by atoms with E-state index in [9.17, 15) is 14.7 Å². The number of halogens is 1. The SMILES string of the molecule is CCCN(CCC)C(=O)N(C)c1c(C(=O)O)c(CC)nc2ccc(Cl)nc12. The number of anilines is 1. The fourth-order valence-corrected chi connectivity index (χ4v) is 3.25. The first-order valence-electron chi connectivity index (χ1n) is 9.10. The van der Waals surface area contributed by atoms with Gasteiger partial charge in [0.15, 0.2) is 0 Å². The van der Waals surface area contributed by atoms with Crippen molar-refractivity contribution in [3.05, 3.63) is 28.5 Å². The minimum atomic E-state index is -1.14. The van der Waals surface area contributed by atoms with Gasteiger partial charge in [0.05, 0.1) is 16.9 Å². The quantitative estimate of drug-likeness (QED) is 0.713. The van der Waals surface area contributed by atoms with Crippen LogP contribution in [0.2, 0.25) is 5.15 Å². The van der Waals surface area contributed by atoms with Crippen molar-refractivity contribution in [1.82, 2.24) is 14.9 Å². The summed E-state index contributed by atoms with van der Waals surface area (Å²) in [5, 5.41) is 10.0. The Morgan fingerprint density at radius 3 is 2.26 bits per heavy atom. The molecule has 0 atom stereocenters. The fraction of sp³-hybridized carbons (Fsp3) is 0.474. The number of carbonyl (C=O) groups excluding carboxylic acids is 1. The zero-order valence-corrected chi connectivity index (χ0v) is 16.9. The number of nitrogens with zero attached hydrogens (tertiary/aromatic N) is 4. The Morgan fingerprint density at radius 1 is 1.11 bits per heavy atom. The molecule has 0 aliphatic heterocycles. The monoisotopic (exact) mass is 392 g/mol. The van der Waals surface area contributed by atoms with Crippen LogP contribution in [0.5, 0.6) is 0 Å². The second kappa shape index (κ2) is 8.99. The van der Waals surface area contributed by atoms with Crippen molar-refractivity contribution in [3.63, 3.8) is 0 Å². The molecular weight excluding hydrogens is 368 g/mol. The number of pyridine rings is 2. The Bertz CT molecular complexity index is 850. The second-order valence-electron chi connectivity index (χ2n) is 6.27. The van der Waals surface area contributed by atoms with E-state index in [0.717, 1.165) is 12.8 Å². The number of carbonyl (C=O) groups is 2. The maximum absolute atomic E-state index is 13.1. The first kappa shape index (κ1) is 20.9. The van der Waals surface area contributed by atoms with Gasteiger partial charge in [0.1, 0.15) is 16.2 Å². The molecule has 8 heteroatoms. The number of fused-ring (bicyclic) bond motifs is 1. The first-order valence-corrected chi connectivity index (χ1v) is 9.48. The molecule has 0 radical (unpaired) electrons. The molecule has 0 bridgehead atoms. The summed E-state index contributed by atoms with van der Waals surface area (Å²) in [6.45, 7) is 7.01. The van der Waals surface area contributed by atoms with E-state index < -0.39 is 5.97 Å². The summed E-state index contributed by atoms with van der Waals surface area (Å²) < 4.78 is 0. The van der Waals surface area contributed by atoms with Crippen molar-refractivity contribution in [3.8, 4) is 0 Å². The molecule has 27 heavy (non-hydrogen) atoms. The van der Waals surface area contributed by atoms with Crippen molar-refractivity contribution < 1.29 is 14.7 Å². The zero-order valence-electron chi connectivity index (χ0n) is 16.1. The summed E-state index contributed by atoms with van der Waals surface area (Å²) in [6, 6.07) is 3.02. The fourth-order valence-electron chi connectivity index (χ4n) is 3.11. The van der Waals surface area contributed by atoms with E-state index in [1.54, 1.807) is 24.1 Å². The van der Waals surface area contributed by atoms with Crippen LogP contribution in [0, 0.1) is 0 Å². The molecule has 0 saturated carbocycles. The number of rotatable bonds is 7. The van der Waals surface area contributed by atoms with Crippen LogP contribution < -0.4 is 4.90 Å². The Morgan fingerprint density at radius 2 is 1.74 bits per heavy atom. The van der Waals surface area contributed by atoms with Crippen LogP contribution >= 0.6 is 11.6 Å². The Kier molecular flexibility index (Phi) is 6.96. The molecule has 2 aromatic rings. The number of aromatic nitrogens is 2. The van der Waals surface area contributed by atoms with E-state index >= 15 is 0 Å². The van der Waals surface area contributed by atoms with Gasteiger partial charge in [-0.25, -0.2) is 14.6 Å². The summed E-state index contributed by atoms with van der Waals surface area (Å²) >= 11 is 6.04. The van der Waals surface area contributed by atoms with E-state index in [1.807, 2.05) is 20.8 Å². The lowest BCUT2D eigenvalue weighted by atomic mass is 10.1. The molecule has 0 unspecified atom stereocenters. The number of hydrogen-bond donors (Lipinski definition) is 1. The maximum Gasteiger partial charge on any atom is 0.339 e. The standard InChI is InChI=1S/C19H25ClN4O3/c1-5-10-24(11-6-2)19(27)23(4)17-15(18(25)26)12(7-3)21-13-8-9-14(20)22-16(13)17/h8-9H,5-7,10-11H2,1-4H3,(H,25,26). The number of aromatic carboxylic acids is 1. The molecule has 0 fully saturated rings. The predicted molar refractivity (Wildman–Crippen MR) is 107 cm³/mol. The highest BCUT2D eigenvalue weighted by Gasteiger charge is 2.28. The molecule has 2 aromatic heterocycles. The Hall–Kier alpha value is -2.41. The van der Waals surface area contributed by atoms with Crippen molar-refractivity contribution in [2.45, 2.75) is 40.0 Å². The lowest BCUT2D eigenvalue weighted by Crippen LogP contribution is -2.43. The smallest absolute Gasteiger partial charge is 0.339 e. The van der Waals surface area contributed by atoms with E-state index in [-0.39, 0.29) is 22.4 Å². The molecule has 2 heterocycles. The van der Waals surface area contributed by atoms with E-state index in [2.05, 4.69) is 9.97 Å². The van der Waals surface area contributed by atoms with Crippen molar-refractivity contribution in [2.24, 2.45) is 0 Å². The van der Waals surface area contributed by atoms with Crippen LogP contribution in [-0.4, -0.2) is 52.1 Å². The lowest BCUT2D eigenvalue weighted by Gasteiger charge is -2.29. The number of carboxylic acid groups (broad SMARTS) is 1. The minimum Gasteiger partial charge on any atom is -0.478 e. The first-order chi connectivity index (χ1) is 12.8. The third kappa shape index (κ3) is 4.30. The Labute approximate surface area is 164 Å². The third-order valence-corrected chi connectivity index (χ3v) is 4.48. The highest BCUT2D eigenvalue weighted by atomic mass is 35.5. The van der Waals surface area contributed by atoms with Gasteiger partial charge in [-0.05, 0) is 31.4 Å². The van der Waals surface area contributed by atoms with Gasteiger partial charge in [-0.1, -0.05) is 32.4 Å². The van der Waals surface area contributed by atoms with Crippen molar-refractivity contribution in [1.29, 1.82) is 0 Å². The summed E-state index contributed by atoms with van der Waals surface area (Å²) in [5.41, 5.74) is 1.44. The average molecular weight is 393 g/mol. The molecule has 0 aliphatic rings. The molecule has 2 amide bonds. The van der Waals surface area contributed by atoms with Crippen LogP contribution in [-0.2, 0) is 6.42 Å².